The summed E-state index contributed by atoms with van der Waals surface area (Å²) in [5, 5.41) is 8.70. The molecule has 6 rings (SSSR count). The van der Waals surface area contributed by atoms with Crippen LogP contribution < -0.4 is 5.32 Å². The third-order valence-corrected chi connectivity index (χ3v) is 7.26. The van der Waals surface area contributed by atoms with E-state index >= 15 is 0 Å². The number of nitrogens with zero attached hydrogens (tertiary/aromatic N) is 4. The predicted octanol–water partition coefficient (Wildman–Crippen LogP) is 2.77. The second kappa shape index (κ2) is 7.65. The maximum Gasteiger partial charge on any atom is 0.231 e. The minimum Gasteiger partial charge on any atom is -0.429 e. The molecule has 32 heavy (non-hydrogen) atoms. The molecule has 0 aliphatic carbocycles. The van der Waals surface area contributed by atoms with Gasteiger partial charge in [0.15, 0.2) is 5.76 Å². The first-order valence-corrected chi connectivity index (χ1v) is 11.8. The number of fused-ring (bicyclic) bond motifs is 1. The lowest BCUT2D eigenvalue weighted by molar-refractivity contribution is 0.432. The van der Waals surface area contributed by atoms with Gasteiger partial charge in [-0.25, -0.2) is 14.4 Å². The standard InChI is InChI=1S/C23H18FN5O2S/c24-16-4-2-15(3-5-16)21-20(10-29(28-21)17-11-32(30)12-17)22-19-7-18(6-1-14-8-25-9-14)31-23(19)27-13-26-22/h2-5,7,10,13-14,17,25H,8-9,11-12H2. The van der Waals surface area contributed by atoms with E-state index in [0.29, 0.717) is 40.3 Å². The topological polar surface area (TPSA) is 85.8 Å². The van der Waals surface area contributed by atoms with Crippen LogP contribution in [0.1, 0.15) is 11.8 Å². The van der Waals surface area contributed by atoms with Crippen molar-refractivity contribution in [3.05, 3.63) is 54.4 Å². The highest BCUT2D eigenvalue weighted by molar-refractivity contribution is 7.86. The second-order valence-electron chi connectivity index (χ2n) is 7.98. The van der Waals surface area contributed by atoms with E-state index in [1.165, 1.54) is 18.5 Å². The molecular formula is C23H18FN5O2S. The molecule has 0 radical (unpaired) electrons. The van der Waals surface area contributed by atoms with Crippen molar-refractivity contribution in [1.29, 1.82) is 0 Å². The first kappa shape index (κ1) is 19.3. The Kier molecular flexibility index (Phi) is 4.63. The largest absolute Gasteiger partial charge is 0.429 e. The lowest BCUT2D eigenvalue weighted by Gasteiger charge is -2.24. The van der Waals surface area contributed by atoms with Gasteiger partial charge in [-0.05, 0) is 30.2 Å². The number of benzene rings is 1. The van der Waals surface area contributed by atoms with Crippen LogP contribution in [0.15, 0.2) is 47.3 Å². The van der Waals surface area contributed by atoms with Crippen molar-refractivity contribution >= 4 is 21.9 Å². The zero-order valence-corrected chi connectivity index (χ0v) is 17.7. The van der Waals surface area contributed by atoms with E-state index in [-0.39, 0.29) is 11.9 Å². The van der Waals surface area contributed by atoms with Crippen molar-refractivity contribution in [3.63, 3.8) is 0 Å². The van der Waals surface area contributed by atoms with Gasteiger partial charge in [0.25, 0.3) is 0 Å². The van der Waals surface area contributed by atoms with Crippen LogP contribution >= 0.6 is 0 Å². The molecule has 0 unspecified atom stereocenters. The van der Waals surface area contributed by atoms with Crippen molar-refractivity contribution < 1.29 is 13.0 Å². The van der Waals surface area contributed by atoms with Crippen LogP contribution in [-0.2, 0) is 10.8 Å². The molecule has 5 heterocycles. The van der Waals surface area contributed by atoms with E-state index in [4.69, 9.17) is 9.52 Å². The molecule has 2 aliphatic rings. The van der Waals surface area contributed by atoms with E-state index in [1.54, 1.807) is 12.1 Å². The maximum atomic E-state index is 13.5. The zero-order valence-electron chi connectivity index (χ0n) is 16.9. The van der Waals surface area contributed by atoms with Crippen molar-refractivity contribution in [2.75, 3.05) is 24.6 Å². The Morgan fingerprint density at radius 2 is 1.97 bits per heavy atom. The van der Waals surface area contributed by atoms with Gasteiger partial charge in [-0.3, -0.25) is 8.89 Å². The van der Waals surface area contributed by atoms with Gasteiger partial charge < -0.3 is 9.73 Å². The normalized spacial score (nSPS) is 20.4. The molecule has 2 saturated heterocycles. The van der Waals surface area contributed by atoms with Gasteiger partial charge in [0.1, 0.15) is 17.8 Å². The van der Waals surface area contributed by atoms with Gasteiger partial charge in [0.05, 0.1) is 17.1 Å². The molecule has 2 fully saturated rings. The zero-order chi connectivity index (χ0) is 21.7. The summed E-state index contributed by atoms with van der Waals surface area (Å²) in [6.07, 6.45) is 3.37. The molecule has 1 aromatic carbocycles. The van der Waals surface area contributed by atoms with Gasteiger partial charge in [-0.2, -0.15) is 5.10 Å². The molecule has 4 aromatic rings. The highest BCUT2D eigenvalue weighted by Crippen LogP contribution is 2.36. The third-order valence-electron chi connectivity index (χ3n) is 5.75. The van der Waals surface area contributed by atoms with Gasteiger partial charge in [-0.1, -0.05) is 5.92 Å². The van der Waals surface area contributed by atoms with Gasteiger partial charge >= 0.3 is 0 Å². The average Bonchev–Trinajstić information content (AvgIpc) is 3.35. The predicted molar refractivity (Wildman–Crippen MR) is 119 cm³/mol. The minimum absolute atomic E-state index is 0.0722. The van der Waals surface area contributed by atoms with Crippen LogP contribution in [-0.4, -0.2) is 48.6 Å². The molecule has 7 nitrogen and oxygen atoms in total. The molecule has 0 spiro atoms. The van der Waals surface area contributed by atoms with Gasteiger partial charge in [0, 0.05) is 64.7 Å². The lowest BCUT2D eigenvalue weighted by atomic mass is 10.0. The number of rotatable bonds is 3. The summed E-state index contributed by atoms with van der Waals surface area (Å²) < 4.78 is 32.9. The number of hydrogen-bond acceptors (Lipinski definition) is 6. The Bertz CT molecular complexity index is 1400. The number of hydrogen-bond donors (Lipinski definition) is 1. The molecule has 3 aromatic heterocycles. The second-order valence-corrected chi connectivity index (χ2v) is 9.53. The fourth-order valence-corrected chi connectivity index (χ4v) is 4.87. The maximum absolute atomic E-state index is 13.5. The summed E-state index contributed by atoms with van der Waals surface area (Å²) in [5.41, 5.74) is 3.35. The average molecular weight is 447 g/mol. The highest BCUT2D eigenvalue weighted by Gasteiger charge is 2.30. The molecule has 9 heteroatoms. The van der Waals surface area contributed by atoms with Crippen molar-refractivity contribution in [2.45, 2.75) is 6.04 Å². The molecule has 0 saturated carbocycles. The van der Waals surface area contributed by atoms with E-state index in [0.717, 1.165) is 29.6 Å². The summed E-state index contributed by atoms with van der Waals surface area (Å²) in [6, 6.07) is 8.14. The number of nitrogens with one attached hydrogen (secondary N) is 1. The van der Waals surface area contributed by atoms with E-state index in [9.17, 15) is 8.60 Å². The van der Waals surface area contributed by atoms with Crippen LogP contribution in [0.5, 0.6) is 0 Å². The van der Waals surface area contributed by atoms with Crippen LogP contribution in [0.25, 0.3) is 33.6 Å². The van der Waals surface area contributed by atoms with E-state index in [1.807, 2.05) is 16.9 Å². The van der Waals surface area contributed by atoms with Crippen LogP contribution in [0.3, 0.4) is 0 Å². The molecule has 1 N–H and O–H groups in total. The quantitative estimate of drug-likeness (QED) is 0.486. The van der Waals surface area contributed by atoms with Crippen molar-refractivity contribution in [2.24, 2.45) is 5.92 Å². The molecule has 0 atom stereocenters. The monoisotopic (exact) mass is 447 g/mol. The Labute approximate surface area is 185 Å². The lowest BCUT2D eigenvalue weighted by Crippen LogP contribution is -2.40. The fraction of sp³-hybridized carbons (Fsp3) is 0.261. The van der Waals surface area contributed by atoms with Crippen LogP contribution in [0.4, 0.5) is 4.39 Å². The Morgan fingerprint density at radius 1 is 1.16 bits per heavy atom. The fourth-order valence-electron chi connectivity index (χ4n) is 3.80. The summed E-state index contributed by atoms with van der Waals surface area (Å²) in [5.74, 6) is 8.01. The van der Waals surface area contributed by atoms with E-state index in [2.05, 4.69) is 27.1 Å². The molecule has 0 amide bonds. The highest BCUT2D eigenvalue weighted by atomic mass is 32.2. The Hall–Kier alpha value is -3.35. The van der Waals surface area contributed by atoms with Crippen molar-refractivity contribution in [3.8, 4) is 34.4 Å². The van der Waals surface area contributed by atoms with Crippen LogP contribution in [0, 0.1) is 23.6 Å². The minimum atomic E-state index is -0.804. The first-order chi connectivity index (χ1) is 15.6. The number of aromatic nitrogens is 4. The molecule has 0 bridgehead atoms. The number of halogens is 1. The van der Waals surface area contributed by atoms with Gasteiger partial charge in [0.2, 0.25) is 5.71 Å². The Morgan fingerprint density at radius 3 is 2.69 bits per heavy atom. The molecular weight excluding hydrogens is 429 g/mol. The summed E-state index contributed by atoms with van der Waals surface area (Å²) in [7, 11) is -0.804. The first-order valence-electron chi connectivity index (χ1n) is 10.3. The summed E-state index contributed by atoms with van der Waals surface area (Å²) in [6.45, 7) is 1.79. The summed E-state index contributed by atoms with van der Waals surface area (Å²) >= 11 is 0. The SMILES string of the molecule is O=S1CC(n2cc(-c3ncnc4oc(C#CC5CNC5)cc34)c(-c3ccc(F)cc3)n2)C1. The third kappa shape index (κ3) is 3.42. The molecule has 2 aliphatic heterocycles. The van der Waals surface area contributed by atoms with E-state index < -0.39 is 10.8 Å². The van der Waals surface area contributed by atoms with Crippen LogP contribution in [0.2, 0.25) is 0 Å². The Balaban J connectivity index is 1.47. The summed E-state index contributed by atoms with van der Waals surface area (Å²) in [4.78, 5) is 8.80. The smallest absolute Gasteiger partial charge is 0.231 e. The van der Waals surface area contributed by atoms with Gasteiger partial charge in [-0.15, -0.1) is 0 Å². The van der Waals surface area contributed by atoms with Crippen molar-refractivity contribution in [1.82, 2.24) is 25.1 Å². The number of furan rings is 1. The molecule has 160 valence electrons.